The molecule has 0 radical (unpaired) electrons. The Bertz CT molecular complexity index is 141. The standard InChI is InChI=1S/C11H24N2O/c1-2-12-7-9-13-8-5-3-4-6-11(13)10-14/h11-12,14H,2-10H2,1H3. The predicted molar refractivity (Wildman–Crippen MR) is 59.5 cm³/mol. The average Bonchev–Trinajstić information content (AvgIpc) is 2.43. The molecule has 0 aromatic heterocycles. The molecule has 0 aliphatic carbocycles. The highest BCUT2D eigenvalue weighted by atomic mass is 16.3. The molecule has 0 aromatic rings. The van der Waals surface area contributed by atoms with Crippen molar-refractivity contribution in [2.24, 2.45) is 0 Å². The van der Waals surface area contributed by atoms with Crippen molar-refractivity contribution in [1.29, 1.82) is 0 Å². The Hall–Kier alpha value is -0.120. The molecule has 1 heterocycles. The molecule has 1 unspecified atom stereocenters. The van der Waals surface area contributed by atoms with Crippen LogP contribution in [-0.4, -0.2) is 48.8 Å². The van der Waals surface area contributed by atoms with Crippen LogP contribution < -0.4 is 5.32 Å². The Balaban J connectivity index is 2.28. The summed E-state index contributed by atoms with van der Waals surface area (Å²) in [5.74, 6) is 0. The van der Waals surface area contributed by atoms with Gasteiger partial charge in [0.15, 0.2) is 0 Å². The van der Waals surface area contributed by atoms with E-state index in [2.05, 4.69) is 17.1 Å². The number of hydrogen-bond acceptors (Lipinski definition) is 3. The first-order valence-corrected chi connectivity index (χ1v) is 5.94. The van der Waals surface area contributed by atoms with Gasteiger partial charge in [0.1, 0.15) is 0 Å². The minimum absolute atomic E-state index is 0.326. The molecule has 1 rings (SSSR count). The number of rotatable bonds is 5. The van der Waals surface area contributed by atoms with E-state index in [0.29, 0.717) is 12.6 Å². The Morgan fingerprint density at radius 1 is 1.36 bits per heavy atom. The van der Waals surface area contributed by atoms with Gasteiger partial charge >= 0.3 is 0 Å². The molecule has 84 valence electrons. The molecule has 0 spiro atoms. The quantitative estimate of drug-likeness (QED) is 0.645. The number of likely N-dealkylation sites (N-methyl/N-ethyl adjacent to an activating group) is 1. The van der Waals surface area contributed by atoms with Crippen LogP contribution in [0.15, 0.2) is 0 Å². The second kappa shape index (κ2) is 7.21. The van der Waals surface area contributed by atoms with Gasteiger partial charge in [0.05, 0.1) is 6.61 Å². The molecule has 14 heavy (non-hydrogen) atoms. The summed E-state index contributed by atoms with van der Waals surface area (Å²) in [6, 6.07) is 0.413. The molecular weight excluding hydrogens is 176 g/mol. The minimum atomic E-state index is 0.326. The summed E-state index contributed by atoms with van der Waals surface area (Å²) < 4.78 is 0. The van der Waals surface area contributed by atoms with Crippen molar-refractivity contribution in [3.8, 4) is 0 Å². The van der Waals surface area contributed by atoms with Crippen LogP contribution in [0.1, 0.15) is 32.6 Å². The number of aliphatic hydroxyl groups is 1. The van der Waals surface area contributed by atoms with Crippen LogP contribution in [0.25, 0.3) is 0 Å². The van der Waals surface area contributed by atoms with Crippen molar-refractivity contribution in [2.45, 2.75) is 38.6 Å². The summed E-state index contributed by atoms with van der Waals surface area (Å²) >= 11 is 0. The fourth-order valence-corrected chi connectivity index (χ4v) is 2.14. The van der Waals surface area contributed by atoms with Gasteiger partial charge in [-0.3, -0.25) is 4.90 Å². The lowest BCUT2D eigenvalue weighted by Crippen LogP contribution is -2.41. The van der Waals surface area contributed by atoms with E-state index in [4.69, 9.17) is 0 Å². The second-order valence-electron chi connectivity index (χ2n) is 4.08. The zero-order chi connectivity index (χ0) is 10.2. The van der Waals surface area contributed by atoms with Gasteiger partial charge in [-0.2, -0.15) is 0 Å². The fourth-order valence-electron chi connectivity index (χ4n) is 2.14. The predicted octanol–water partition coefficient (Wildman–Crippen LogP) is 0.833. The molecule has 0 amide bonds. The zero-order valence-corrected chi connectivity index (χ0v) is 9.34. The maximum Gasteiger partial charge on any atom is 0.0586 e. The van der Waals surface area contributed by atoms with Crippen LogP contribution in [0.3, 0.4) is 0 Å². The van der Waals surface area contributed by atoms with Gasteiger partial charge in [-0.05, 0) is 25.9 Å². The molecular formula is C11H24N2O. The SMILES string of the molecule is CCNCCN1CCCCCC1CO. The fraction of sp³-hybridized carbons (Fsp3) is 1.00. The van der Waals surface area contributed by atoms with Crippen molar-refractivity contribution in [3.63, 3.8) is 0 Å². The van der Waals surface area contributed by atoms with Crippen LogP contribution in [0, 0.1) is 0 Å². The first-order valence-electron chi connectivity index (χ1n) is 5.94. The summed E-state index contributed by atoms with van der Waals surface area (Å²) in [4.78, 5) is 2.44. The highest BCUT2D eigenvalue weighted by Gasteiger charge is 2.19. The molecule has 0 saturated carbocycles. The molecule has 2 N–H and O–H groups in total. The lowest BCUT2D eigenvalue weighted by molar-refractivity contribution is 0.125. The smallest absolute Gasteiger partial charge is 0.0586 e. The van der Waals surface area contributed by atoms with Crippen molar-refractivity contribution < 1.29 is 5.11 Å². The molecule has 1 aliphatic heterocycles. The van der Waals surface area contributed by atoms with E-state index >= 15 is 0 Å². The first-order chi connectivity index (χ1) is 6.88. The number of nitrogens with zero attached hydrogens (tertiary/aromatic N) is 1. The third-order valence-electron chi connectivity index (χ3n) is 3.04. The number of nitrogens with one attached hydrogen (secondary N) is 1. The number of aliphatic hydroxyl groups excluding tert-OH is 1. The second-order valence-corrected chi connectivity index (χ2v) is 4.08. The summed E-state index contributed by atoms with van der Waals surface area (Å²) in [6.45, 7) is 6.79. The summed E-state index contributed by atoms with van der Waals surface area (Å²) in [6.07, 6.45) is 5.07. The van der Waals surface area contributed by atoms with Crippen molar-refractivity contribution in [2.75, 3.05) is 32.8 Å². The monoisotopic (exact) mass is 200 g/mol. The van der Waals surface area contributed by atoms with E-state index in [0.717, 1.165) is 26.2 Å². The number of likely N-dealkylation sites (tertiary alicyclic amines) is 1. The third-order valence-corrected chi connectivity index (χ3v) is 3.04. The molecule has 3 nitrogen and oxygen atoms in total. The van der Waals surface area contributed by atoms with Gasteiger partial charge in [0.2, 0.25) is 0 Å². The van der Waals surface area contributed by atoms with E-state index in [1.54, 1.807) is 0 Å². The summed E-state index contributed by atoms with van der Waals surface area (Å²) in [5, 5.41) is 12.6. The van der Waals surface area contributed by atoms with Crippen LogP contribution >= 0.6 is 0 Å². The summed E-state index contributed by atoms with van der Waals surface area (Å²) in [5.41, 5.74) is 0. The molecule has 3 heteroatoms. The molecule has 1 atom stereocenters. The van der Waals surface area contributed by atoms with E-state index < -0.39 is 0 Å². The lowest BCUT2D eigenvalue weighted by atomic mass is 10.1. The maximum atomic E-state index is 9.28. The average molecular weight is 200 g/mol. The van der Waals surface area contributed by atoms with Gasteiger partial charge in [-0.15, -0.1) is 0 Å². The van der Waals surface area contributed by atoms with E-state index in [1.807, 2.05) is 0 Å². The van der Waals surface area contributed by atoms with Crippen molar-refractivity contribution in [1.82, 2.24) is 10.2 Å². The van der Waals surface area contributed by atoms with Gasteiger partial charge in [0.25, 0.3) is 0 Å². The van der Waals surface area contributed by atoms with Crippen LogP contribution in [0.2, 0.25) is 0 Å². The van der Waals surface area contributed by atoms with Crippen LogP contribution in [0.4, 0.5) is 0 Å². The normalized spacial score (nSPS) is 24.9. The van der Waals surface area contributed by atoms with Crippen molar-refractivity contribution >= 4 is 0 Å². The Labute approximate surface area is 87.5 Å². The molecule has 1 fully saturated rings. The largest absolute Gasteiger partial charge is 0.395 e. The van der Waals surface area contributed by atoms with E-state index in [1.165, 1.54) is 25.7 Å². The van der Waals surface area contributed by atoms with Gasteiger partial charge < -0.3 is 10.4 Å². The minimum Gasteiger partial charge on any atom is -0.395 e. The highest BCUT2D eigenvalue weighted by molar-refractivity contribution is 4.75. The molecule has 1 saturated heterocycles. The lowest BCUT2D eigenvalue weighted by Gasteiger charge is -2.28. The molecule has 0 bridgehead atoms. The number of hydrogen-bond donors (Lipinski definition) is 2. The first kappa shape index (κ1) is 12.0. The Kier molecular flexibility index (Phi) is 6.15. The van der Waals surface area contributed by atoms with E-state index in [9.17, 15) is 5.11 Å². The van der Waals surface area contributed by atoms with Gasteiger partial charge in [-0.1, -0.05) is 19.8 Å². The highest BCUT2D eigenvalue weighted by Crippen LogP contribution is 2.15. The van der Waals surface area contributed by atoms with Gasteiger partial charge in [0, 0.05) is 19.1 Å². The van der Waals surface area contributed by atoms with Gasteiger partial charge in [-0.25, -0.2) is 0 Å². The van der Waals surface area contributed by atoms with Crippen LogP contribution in [0.5, 0.6) is 0 Å². The molecule has 1 aliphatic rings. The summed E-state index contributed by atoms with van der Waals surface area (Å²) in [7, 11) is 0. The topological polar surface area (TPSA) is 35.5 Å². The van der Waals surface area contributed by atoms with Crippen LogP contribution in [-0.2, 0) is 0 Å². The maximum absolute atomic E-state index is 9.28. The molecule has 0 aromatic carbocycles. The third kappa shape index (κ3) is 3.95. The Morgan fingerprint density at radius 2 is 2.21 bits per heavy atom. The van der Waals surface area contributed by atoms with E-state index in [-0.39, 0.29) is 0 Å². The Morgan fingerprint density at radius 3 is 2.93 bits per heavy atom. The van der Waals surface area contributed by atoms with Crippen molar-refractivity contribution in [3.05, 3.63) is 0 Å². The zero-order valence-electron chi connectivity index (χ0n) is 9.34.